The summed E-state index contributed by atoms with van der Waals surface area (Å²) < 4.78 is 3.13. The van der Waals surface area contributed by atoms with Crippen molar-refractivity contribution >= 4 is 27.5 Å². The molecule has 0 radical (unpaired) electrons. The molecule has 4 heteroatoms. The Morgan fingerprint density at radius 2 is 1.95 bits per heavy atom. The lowest BCUT2D eigenvalue weighted by atomic mass is 10.1. The Kier molecular flexibility index (Phi) is 4.02. The van der Waals surface area contributed by atoms with Gasteiger partial charge in [-0.3, -0.25) is 4.79 Å². The Labute approximate surface area is 132 Å². The minimum Gasteiger partial charge on any atom is -0.312 e. The first kappa shape index (κ1) is 14.5. The average molecular weight is 308 g/mol. The number of benzene rings is 2. The Bertz CT molecular complexity index is 918. The maximum absolute atomic E-state index is 12.5. The molecular formula is C18H16N2OS. The number of amides is 1. The lowest BCUT2D eigenvalue weighted by molar-refractivity contribution is 0.0997. The molecule has 3 nitrogen and oxygen atoms in total. The Balaban J connectivity index is 2.16. The van der Waals surface area contributed by atoms with E-state index in [0.717, 1.165) is 15.8 Å². The van der Waals surface area contributed by atoms with Crippen LogP contribution in [0.1, 0.15) is 15.9 Å². The van der Waals surface area contributed by atoms with Crippen molar-refractivity contribution < 1.29 is 4.79 Å². The minimum absolute atomic E-state index is 0.206. The third-order valence-electron chi connectivity index (χ3n) is 3.47. The van der Waals surface area contributed by atoms with Crippen LogP contribution in [0, 0.1) is 6.92 Å². The molecule has 1 heterocycles. The number of thiazole rings is 1. The van der Waals surface area contributed by atoms with E-state index in [1.54, 1.807) is 0 Å². The van der Waals surface area contributed by atoms with Gasteiger partial charge in [0.2, 0.25) is 0 Å². The van der Waals surface area contributed by atoms with Gasteiger partial charge in [0.05, 0.1) is 10.2 Å². The van der Waals surface area contributed by atoms with E-state index in [9.17, 15) is 4.79 Å². The van der Waals surface area contributed by atoms with E-state index in [1.165, 1.54) is 11.3 Å². The molecular weight excluding hydrogens is 292 g/mol. The maximum Gasteiger partial charge on any atom is 0.279 e. The van der Waals surface area contributed by atoms with Crippen molar-refractivity contribution in [2.75, 3.05) is 0 Å². The molecule has 0 bridgehead atoms. The number of aryl methyl sites for hydroxylation is 1. The molecule has 110 valence electrons. The van der Waals surface area contributed by atoms with Gasteiger partial charge in [0.25, 0.3) is 5.91 Å². The molecule has 0 fully saturated rings. The van der Waals surface area contributed by atoms with Crippen LogP contribution in [0.4, 0.5) is 0 Å². The fourth-order valence-corrected chi connectivity index (χ4v) is 3.41. The van der Waals surface area contributed by atoms with Crippen LogP contribution < -0.4 is 4.80 Å². The highest BCUT2D eigenvalue weighted by atomic mass is 32.1. The third kappa shape index (κ3) is 2.65. The smallest absolute Gasteiger partial charge is 0.279 e. The Hall–Kier alpha value is -2.46. The van der Waals surface area contributed by atoms with Crippen molar-refractivity contribution in [3.63, 3.8) is 0 Å². The second-order valence-electron chi connectivity index (χ2n) is 4.98. The number of hydrogen-bond donors (Lipinski definition) is 0. The number of carbonyl (C=O) groups excluding carboxylic acids is 1. The highest BCUT2D eigenvalue weighted by Crippen LogP contribution is 2.17. The van der Waals surface area contributed by atoms with E-state index in [4.69, 9.17) is 0 Å². The van der Waals surface area contributed by atoms with E-state index in [-0.39, 0.29) is 5.91 Å². The van der Waals surface area contributed by atoms with Crippen LogP contribution in [0.5, 0.6) is 0 Å². The molecule has 0 unspecified atom stereocenters. The van der Waals surface area contributed by atoms with Crippen molar-refractivity contribution in [1.82, 2.24) is 4.57 Å². The fourth-order valence-electron chi connectivity index (χ4n) is 2.37. The molecule has 1 amide bonds. The molecule has 3 rings (SSSR count). The van der Waals surface area contributed by atoms with Crippen molar-refractivity contribution in [3.8, 4) is 0 Å². The standard InChI is InChI=1S/C18H16N2OS/c1-3-12-20-15-10-6-7-11-16(15)22-18(20)19-17(21)14-9-5-4-8-13(14)2/h3-11H,1,12H2,2H3. The molecule has 0 saturated carbocycles. The highest BCUT2D eigenvalue weighted by Gasteiger charge is 2.09. The number of rotatable bonds is 3. The molecule has 0 spiro atoms. The molecule has 0 aliphatic carbocycles. The summed E-state index contributed by atoms with van der Waals surface area (Å²) in [6, 6.07) is 15.6. The minimum atomic E-state index is -0.206. The van der Waals surface area contributed by atoms with Crippen LogP contribution in [0.3, 0.4) is 0 Å². The number of para-hydroxylation sites is 1. The Morgan fingerprint density at radius 1 is 1.23 bits per heavy atom. The molecule has 0 aliphatic heterocycles. The fraction of sp³-hybridized carbons (Fsp3) is 0.111. The van der Waals surface area contributed by atoms with Crippen molar-refractivity contribution in [2.45, 2.75) is 13.5 Å². The van der Waals surface area contributed by atoms with Gasteiger partial charge < -0.3 is 4.57 Å². The summed E-state index contributed by atoms with van der Waals surface area (Å²) in [7, 11) is 0. The monoisotopic (exact) mass is 308 g/mol. The second kappa shape index (κ2) is 6.12. The number of allylic oxidation sites excluding steroid dienone is 1. The SMILES string of the molecule is C=CCn1c(=NC(=O)c2ccccc2C)sc2ccccc21. The number of nitrogens with zero attached hydrogens (tertiary/aromatic N) is 2. The van der Waals surface area contributed by atoms with Gasteiger partial charge in [0.15, 0.2) is 4.80 Å². The van der Waals surface area contributed by atoms with Crippen LogP contribution in [0.25, 0.3) is 10.2 Å². The van der Waals surface area contributed by atoms with Crippen molar-refractivity contribution in [2.24, 2.45) is 4.99 Å². The number of carbonyl (C=O) groups is 1. The predicted molar refractivity (Wildman–Crippen MR) is 91.1 cm³/mol. The van der Waals surface area contributed by atoms with Gasteiger partial charge in [0.1, 0.15) is 0 Å². The first-order valence-corrected chi connectivity index (χ1v) is 7.86. The quantitative estimate of drug-likeness (QED) is 0.675. The molecule has 0 saturated heterocycles. The van der Waals surface area contributed by atoms with E-state index in [2.05, 4.69) is 11.6 Å². The van der Waals surface area contributed by atoms with Gasteiger partial charge in [-0.15, -0.1) is 6.58 Å². The maximum atomic E-state index is 12.5. The van der Waals surface area contributed by atoms with Crippen LogP contribution in [-0.4, -0.2) is 10.5 Å². The zero-order valence-electron chi connectivity index (χ0n) is 12.3. The summed E-state index contributed by atoms with van der Waals surface area (Å²) in [5.74, 6) is -0.206. The van der Waals surface area contributed by atoms with E-state index in [0.29, 0.717) is 16.9 Å². The van der Waals surface area contributed by atoms with Crippen LogP contribution in [-0.2, 0) is 6.54 Å². The first-order valence-electron chi connectivity index (χ1n) is 7.04. The molecule has 0 atom stereocenters. The average Bonchev–Trinajstić information content (AvgIpc) is 2.86. The normalized spacial score (nSPS) is 11.8. The second-order valence-corrected chi connectivity index (χ2v) is 5.99. The van der Waals surface area contributed by atoms with E-state index >= 15 is 0 Å². The zero-order valence-corrected chi connectivity index (χ0v) is 13.1. The third-order valence-corrected chi connectivity index (χ3v) is 4.53. The van der Waals surface area contributed by atoms with Crippen LogP contribution >= 0.6 is 11.3 Å². The van der Waals surface area contributed by atoms with E-state index < -0.39 is 0 Å². The summed E-state index contributed by atoms with van der Waals surface area (Å²) in [4.78, 5) is 17.5. The number of aromatic nitrogens is 1. The highest BCUT2D eigenvalue weighted by molar-refractivity contribution is 7.16. The first-order chi connectivity index (χ1) is 10.7. The van der Waals surface area contributed by atoms with Crippen LogP contribution in [0.15, 0.2) is 66.2 Å². The summed E-state index contributed by atoms with van der Waals surface area (Å²) in [6.45, 7) is 6.34. The zero-order chi connectivity index (χ0) is 15.5. The molecule has 2 aromatic carbocycles. The molecule has 0 aliphatic rings. The van der Waals surface area contributed by atoms with E-state index in [1.807, 2.05) is 66.1 Å². The van der Waals surface area contributed by atoms with Crippen LogP contribution in [0.2, 0.25) is 0 Å². The van der Waals surface area contributed by atoms with Crippen molar-refractivity contribution in [3.05, 3.63) is 77.1 Å². The van der Waals surface area contributed by atoms with Gasteiger partial charge in [-0.05, 0) is 30.7 Å². The summed E-state index contributed by atoms with van der Waals surface area (Å²) >= 11 is 1.52. The predicted octanol–water partition coefficient (Wildman–Crippen LogP) is 3.94. The molecule has 22 heavy (non-hydrogen) atoms. The molecule has 0 N–H and O–H groups in total. The summed E-state index contributed by atoms with van der Waals surface area (Å²) in [5, 5.41) is 0. The lowest BCUT2D eigenvalue weighted by Crippen LogP contribution is -2.16. The number of hydrogen-bond acceptors (Lipinski definition) is 2. The summed E-state index contributed by atoms with van der Waals surface area (Å²) in [5.41, 5.74) is 2.65. The van der Waals surface area contributed by atoms with Gasteiger partial charge in [-0.1, -0.05) is 47.7 Å². The Morgan fingerprint density at radius 3 is 2.73 bits per heavy atom. The van der Waals surface area contributed by atoms with Gasteiger partial charge in [-0.25, -0.2) is 0 Å². The largest absolute Gasteiger partial charge is 0.312 e. The van der Waals surface area contributed by atoms with Gasteiger partial charge >= 0.3 is 0 Å². The summed E-state index contributed by atoms with van der Waals surface area (Å²) in [6.07, 6.45) is 1.82. The lowest BCUT2D eigenvalue weighted by Gasteiger charge is -2.01. The molecule has 3 aromatic rings. The van der Waals surface area contributed by atoms with Gasteiger partial charge in [0, 0.05) is 12.1 Å². The topological polar surface area (TPSA) is 34.4 Å². The molecule has 1 aromatic heterocycles. The number of fused-ring (bicyclic) bond motifs is 1. The van der Waals surface area contributed by atoms with Crippen molar-refractivity contribution in [1.29, 1.82) is 0 Å². The van der Waals surface area contributed by atoms with Gasteiger partial charge in [-0.2, -0.15) is 4.99 Å².